The Bertz CT molecular complexity index is 743. The third-order valence-electron chi connectivity index (χ3n) is 6.07. The molecule has 1 saturated heterocycles. The van der Waals surface area contributed by atoms with Gasteiger partial charge in [0.1, 0.15) is 0 Å². The van der Waals surface area contributed by atoms with Crippen LogP contribution in [0.3, 0.4) is 0 Å². The second-order valence-electron chi connectivity index (χ2n) is 8.30. The molecule has 1 aliphatic heterocycles. The highest BCUT2D eigenvalue weighted by molar-refractivity contribution is 7.08. The molecule has 2 aromatic heterocycles. The van der Waals surface area contributed by atoms with Crippen LogP contribution in [0.4, 0.5) is 0 Å². The fourth-order valence-electron chi connectivity index (χ4n) is 4.02. The van der Waals surface area contributed by atoms with Crippen LogP contribution < -0.4 is 0 Å². The smallest absolute Gasteiger partial charge is 0.0544 e. The largest absolute Gasteiger partial charge is 0.381 e. The quantitative estimate of drug-likeness (QED) is 0.562. The highest BCUT2D eigenvalue weighted by Gasteiger charge is 2.43. The third-order valence-corrected chi connectivity index (χ3v) is 7.35. The first-order valence-corrected chi connectivity index (χ1v) is 11.1. The highest BCUT2D eigenvalue weighted by Crippen LogP contribution is 2.42. The number of aromatic nitrogens is 1. The normalized spacial score (nSPS) is 21.1. The Balaban J connectivity index is 1.74. The van der Waals surface area contributed by atoms with Crippen LogP contribution in [0, 0.1) is 12.3 Å². The molecule has 3 nitrogen and oxygen atoms in total. The van der Waals surface area contributed by atoms with Gasteiger partial charge in [-0.2, -0.15) is 11.3 Å². The van der Waals surface area contributed by atoms with Crippen molar-refractivity contribution >= 4 is 22.9 Å². The van der Waals surface area contributed by atoms with E-state index in [1.807, 2.05) is 18.5 Å². The molecule has 5 heteroatoms. The average molecular weight is 407 g/mol. The lowest BCUT2D eigenvalue weighted by Gasteiger charge is -2.38. The predicted molar refractivity (Wildman–Crippen MR) is 115 cm³/mol. The minimum Gasteiger partial charge on any atom is -0.381 e. The molecule has 0 aliphatic carbocycles. The van der Waals surface area contributed by atoms with E-state index in [2.05, 4.69) is 48.2 Å². The van der Waals surface area contributed by atoms with Crippen LogP contribution in [0.1, 0.15) is 50.4 Å². The van der Waals surface area contributed by atoms with Crippen LogP contribution in [-0.2, 0) is 16.7 Å². The molecule has 27 heavy (non-hydrogen) atoms. The number of hydrogen-bond donors (Lipinski definition) is 0. The molecule has 2 aromatic rings. The van der Waals surface area contributed by atoms with Crippen molar-refractivity contribution in [3.05, 3.63) is 50.9 Å². The first-order chi connectivity index (χ1) is 12.9. The van der Waals surface area contributed by atoms with E-state index in [-0.39, 0.29) is 11.0 Å². The highest BCUT2D eigenvalue weighted by atomic mass is 35.5. The van der Waals surface area contributed by atoms with Crippen LogP contribution in [0.5, 0.6) is 0 Å². The van der Waals surface area contributed by atoms with Crippen molar-refractivity contribution < 1.29 is 4.74 Å². The fourth-order valence-corrected chi connectivity index (χ4v) is 5.14. The lowest BCUT2D eigenvalue weighted by atomic mass is 9.82. The van der Waals surface area contributed by atoms with Gasteiger partial charge in [-0.05, 0) is 76.1 Å². The standard InChI is InChI=1S/C22H31ClN2OS/c1-5-26-16-22(9-8-18-13-27-14-20(18)23)10-11-25(15-22)21(3,4)19-7-6-17(2)24-12-19/h6-7,12-14H,5,8-11,15-16H2,1-4H3. The SMILES string of the molecule is CCOCC1(CCc2cscc2Cl)CCN(C(C)(C)c2ccc(C)nc2)C1. The average Bonchev–Trinajstić information content (AvgIpc) is 3.26. The van der Waals surface area contributed by atoms with E-state index in [9.17, 15) is 0 Å². The van der Waals surface area contributed by atoms with Gasteiger partial charge in [-0.25, -0.2) is 0 Å². The van der Waals surface area contributed by atoms with Crippen molar-refractivity contribution in [2.24, 2.45) is 5.41 Å². The van der Waals surface area contributed by atoms with Gasteiger partial charge < -0.3 is 4.74 Å². The maximum absolute atomic E-state index is 6.33. The molecule has 1 atom stereocenters. The van der Waals surface area contributed by atoms with Gasteiger partial charge in [0.05, 0.1) is 11.6 Å². The molecule has 0 spiro atoms. The Morgan fingerprint density at radius 1 is 1.33 bits per heavy atom. The summed E-state index contributed by atoms with van der Waals surface area (Å²) in [4.78, 5) is 7.12. The topological polar surface area (TPSA) is 25.4 Å². The Morgan fingerprint density at radius 2 is 2.15 bits per heavy atom. The zero-order valence-electron chi connectivity index (χ0n) is 16.9. The monoisotopic (exact) mass is 406 g/mol. The molecule has 148 valence electrons. The fraction of sp³-hybridized carbons (Fsp3) is 0.591. The minimum atomic E-state index is -0.0330. The first-order valence-electron chi connectivity index (χ1n) is 9.83. The molecular weight excluding hydrogens is 376 g/mol. The minimum absolute atomic E-state index is 0.0330. The summed E-state index contributed by atoms with van der Waals surface area (Å²) in [5.41, 5.74) is 3.78. The summed E-state index contributed by atoms with van der Waals surface area (Å²) in [5, 5.41) is 5.12. The second kappa shape index (κ2) is 8.60. The summed E-state index contributed by atoms with van der Waals surface area (Å²) in [7, 11) is 0. The van der Waals surface area contributed by atoms with Crippen LogP contribution >= 0.6 is 22.9 Å². The van der Waals surface area contributed by atoms with Gasteiger partial charge in [0.15, 0.2) is 0 Å². The molecule has 3 heterocycles. The summed E-state index contributed by atoms with van der Waals surface area (Å²) < 4.78 is 5.93. The van der Waals surface area contributed by atoms with Crippen LogP contribution in [0.25, 0.3) is 0 Å². The van der Waals surface area contributed by atoms with E-state index in [1.165, 1.54) is 11.1 Å². The Kier molecular flexibility index (Phi) is 6.62. The second-order valence-corrected chi connectivity index (χ2v) is 9.45. The summed E-state index contributed by atoms with van der Waals surface area (Å²) in [6.45, 7) is 12.5. The number of hydrogen-bond acceptors (Lipinski definition) is 4. The van der Waals surface area contributed by atoms with E-state index in [0.29, 0.717) is 0 Å². The lowest BCUT2D eigenvalue weighted by Crippen LogP contribution is -2.42. The van der Waals surface area contributed by atoms with Crippen LogP contribution in [0.2, 0.25) is 5.02 Å². The maximum Gasteiger partial charge on any atom is 0.0544 e. The number of ether oxygens (including phenoxy) is 1. The number of aryl methyl sites for hydroxylation is 2. The summed E-state index contributed by atoms with van der Waals surface area (Å²) in [6, 6.07) is 4.33. The Morgan fingerprint density at radius 3 is 2.78 bits per heavy atom. The van der Waals surface area contributed by atoms with E-state index in [0.717, 1.165) is 56.3 Å². The van der Waals surface area contributed by atoms with Gasteiger partial charge in [-0.3, -0.25) is 9.88 Å². The number of likely N-dealkylation sites (tertiary alicyclic amines) is 1. The summed E-state index contributed by atoms with van der Waals surface area (Å²) >= 11 is 8.02. The van der Waals surface area contributed by atoms with Crippen molar-refractivity contribution in [3.8, 4) is 0 Å². The van der Waals surface area contributed by atoms with Crippen molar-refractivity contribution in [1.29, 1.82) is 0 Å². The summed E-state index contributed by atoms with van der Waals surface area (Å²) in [5.74, 6) is 0. The number of halogens is 1. The van der Waals surface area contributed by atoms with Gasteiger partial charge in [0.25, 0.3) is 0 Å². The van der Waals surface area contributed by atoms with Gasteiger partial charge in [0.2, 0.25) is 0 Å². The number of nitrogens with zero attached hydrogens (tertiary/aromatic N) is 2. The molecule has 1 fully saturated rings. The molecule has 3 rings (SSSR count). The van der Waals surface area contributed by atoms with Crippen LogP contribution in [0.15, 0.2) is 29.1 Å². The molecule has 1 aliphatic rings. The molecule has 0 N–H and O–H groups in total. The van der Waals surface area contributed by atoms with E-state index < -0.39 is 0 Å². The Labute approximate surface area is 172 Å². The number of pyridine rings is 1. The van der Waals surface area contributed by atoms with Crippen molar-refractivity contribution in [2.75, 3.05) is 26.3 Å². The number of rotatable bonds is 8. The van der Waals surface area contributed by atoms with Gasteiger partial charge in [-0.1, -0.05) is 17.7 Å². The van der Waals surface area contributed by atoms with Crippen LogP contribution in [-0.4, -0.2) is 36.2 Å². The molecular formula is C22H31ClN2OS. The van der Waals surface area contributed by atoms with E-state index >= 15 is 0 Å². The lowest BCUT2D eigenvalue weighted by molar-refractivity contribution is 0.0385. The zero-order valence-corrected chi connectivity index (χ0v) is 18.5. The first kappa shape index (κ1) is 20.8. The third kappa shape index (κ3) is 4.73. The van der Waals surface area contributed by atoms with Crippen molar-refractivity contribution in [2.45, 2.75) is 52.5 Å². The number of thiophene rings is 1. The van der Waals surface area contributed by atoms with Crippen molar-refractivity contribution in [3.63, 3.8) is 0 Å². The van der Waals surface area contributed by atoms with Gasteiger partial charge >= 0.3 is 0 Å². The molecule has 0 aromatic carbocycles. The van der Waals surface area contributed by atoms with E-state index in [1.54, 1.807) is 11.3 Å². The molecule has 0 saturated carbocycles. The molecule has 0 radical (unpaired) electrons. The van der Waals surface area contributed by atoms with E-state index in [4.69, 9.17) is 16.3 Å². The maximum atomic E-state index is 6.33. The predicted octanol–water partition coefficient (Wildman–Crippen LogP) is 5.70. The van der Waals surface area contributed by atoms with Crippen molar-refractivity contribution in [1.82, 2.24) is 9.88 Å². The van der Waals surface area contributed by atoms with Gasteiger partial charge in [-0.15, -0.1) is 0 Å². The molecule has 0 bridgehead atoms. The summed E-state index contributed by atoms with van der Waals surface area (Å²) in [6.07, 6.45) is 5.33. The molecule has 1 unspecified atom stereocenters. The molecule has 0 amide bonds. The Hall–Kier alpha value is -0.940. The van der Waals surface area contributed by atoms with Gasteiger partial charge in [0, 0.05) is 41.4 Å². The zero-order chi connectivity index (χ0) is 19.5.